The van der Waals surface area contributed by atoms with Crippen molar-refractivity contribution >= 4 is 34.5 Å². The summed E-state index contributed by atoms with van der Waals surface area (Å²) in [6.45, 7) is 4.86. The van der Waals surface area contributed by atoms with E-state index >= 15 is 0 Å². The van der Waals surface area contributed by atoms with Crippen LogP contribution in [0.1, 0.15) is 34.8 Å². The van der Waals surface area contributed by atoms with Crippen molar-refractivity contribution < 1.29 is 4.79 Å². The maximum Gasteiger partial charge on any atom is 0.275 e. The highest BCUT2D eigenvalue weighted by Crippen LogP contribution is 2.38. The number of hydrogen-bond acceptors (Lipinski definition) is 4. The molecule has 0 fully saturated rings. The van der Waals surface area contributed by atoms with Crippen LogP contribution < -0.4 is 0 Å². The summed E-state index contributed by atoms with van der Waals surface area (Å²) in [5.41, 5.74) is 1.90. The van der Waals surface area contributed by atoms with Gasteiger partial charge in [-0.05, 0) is 37.3 Å². The Hall–Kier alpha value is -1.92. The Morgan fingerprint density at radius 2 is 2.26 bits per heavy atom. The molecule has 7 heteroatoms. The van der Waals surface area contributed by atoms with Crippen molar-refractivity contribution in [2.24, 2.45) is 0 Å². The van der Waals surface area contributed by atoms with E-state index in [1.807, 2.05) is 4.90 Å². The second-order valence-corrected chi connectivity index (χ2v) is 7.56. The maximum absolute atomic E-state index is 13.0. The number of aromatic nitrogens is 3. The van der Waals surface area contributed by atoms with Crippen LogP contribution in [0, 0.1) is 0 Å². The lowest BCUT2D eigenvalue weighted by Gasteiger charge is -2.42. The number of fused-ring (bicyclic) bond motifs is 2. The fraction of sp³-hybridized carbons (Fsp3) is 0.312. The number of amides is 1. The summed E-state index contributed by atoms with van der Waals surface area (Å²) < 4.78 is 1.54. The van der Waals surface area contributed by atoms with Gasteiger partial charge in [0.1, 0.15) is 0 Å². The zero-order valence-electron chi connectivity index (χ0n) is 12.8. The monoisotopic (exact) mass is 346 g/mol. The minimum atomic E-state index is -0.342. The molecule has 0 unspecified atom stereocenters. The van der Waals surface area contributed by atoms with E-state index in [1.54, 1.807) is 34.3 Å². The predicted octanol–water partition coefficient (Wildman–Crippen LogP) is 3.38. The van der Waals surface area contributed by atoms with Crippen molar-refractivity contribution in [3.8, 4) is 0 Å². The molecular weight excluding hydrogens is 332 g/mol. The number of carbonyl (C=O) groups is 1. The highest BCUT2D eigenvalue weighted by molar-refractivity contribution is 7.10. The standard InChI is InChI=1S/C16H15ClN4OS/c1-16(2)11-4-6-23-13(11)3-5-20(16)15(22)12-7-14-18-8-10(17)9-21(14)19-12/h4,6-9H,3,5H2,1-2H3. The molecule has 1 aliphatic heterocycles. The molecule has 118 valence electrons. The summed E-state index contributed by atoms with van der Waals surface area (Å²) in [4.78, 5) is 20.4. The third-order valence-corrected chi connectivity index (χ3v) is 5.56. The number of hydrogen-bond donors (Lipinski definition) is 0. The molecule has 0 spiro atoms. The Labute approximate surface area is 142 Å². The quantitative estimate of drug-likeness (QED) is 0.678. The molecule has 5 nitrogen and oxygen atoms in total. The lowest BCUT2D eigenvalue weighted by molar-refractivity contribution is 0.0510. The molecule has 3 aromatic rings. The van der Waals surface area contributed by atoms with Crippen LogP contribution in [0.15, 0.2) is 29.9 Å². The third kappa shape index (κ3) is 2.24. The molecular formula is C16H15ClN4OS. The highest BCUT2D eigenvalue weighted by Gasteiger charge is 2.39. The van der Waals surface area contributed by atoms with E-state index in [4.69, 9.17) is 11.6 Å². The van der Waals surface area contributed by atoms with E-state index in [9.17, 15) is 4.79 Å². The van der Waals surface area contributed by atoms with Gasteiger partial charge in [-0.3, -0.25) is 4.79 Å². The average molecular weight is 347 g/mol. The molecule has 0 atom stereocenters. The van der Waals surface area contributed by atoms with Crippen LogP contribution >= 0.6 is 22.9 Å². The van der Waals surface area contributed by atoms with Crippen LogP contribution in [0.5, 0.6) is 0 Å². The zero-order chi connectivity index (χ0) is 16.2. The van der Waals surface area contributed by atoms with E-state index < -0.39 is 0 Å². The van der Waals surface area contributed by atoms with Crippen molar-refractivity contribution in [3.05, 3.63) is 51.1 Å². The Morgan fingerprint density at radius 3 is 3.09 bits per heavy atom. The fourth-order valence-corrected chi connectivity index (χ4v) is 4.33. The minimum Gasteiger partial charge on any atom is -0.328 e. The fourth-order valence-electron chi connectivity index (χ4n) is 3.17. The second kappa shape index (κ2) is 5.04. The molecule has 0 aliphatic carbocycles. The Morgan fingerprint density at radius 1 is 1.43 bits per heavy atom. The number of carbonyl (C=O) groups excluding carboxylic acids is 1. The lowest BCUT2D eigenvalue weighted by atomic mass is 9.88. The van der Waals surface area contributed by atoms with Crippen molar-refractivity contribution in [1.82, 2.24) is 19.5 Å². The van der Waals surface area contributed by atoms with Gasteiger partial charge in [0.15, 0.2) is 11.3 Å². The number of nitrogens with zero attached hydrogens (tertiary/aromatic N) is 4. The molecule has 0 radical (unpaired) electrons. The van der Waals surface area contributed by atoms with E-state index in [-0.39, 0.29) is 11.4 Å². The van der Waals surface area contributed by atoms with Crippen LogP contribution in [0.3, 0.4) is 0 Å². The summed E-state index contributed by atoms with van der Waals surface area (Å²) in [5.74, 6) is -0.0755. The van der Waals surface area contributed by atoms with Gasteiger partial charge < -0.3 is 4.90 Å². The van der Waals surface area contributed by atoms with Gasteiger partial charge in [-0.15, -0.1) is 11.3 Å². The van der Waals surface area contributed by atoms with Gasteiger partial charge in [-0.2, -0.15) is 5.10 Å². The topological polar surface area (TPSA) is 50.5 Å². The van der Waals surface area contributed by atoms with Crippen molar-refractivity contribution in [2.45, 2.75) is 25.8 Å². The van der Waals surface area contributed by atoms with Crippen molar-refractivity contribution in [2.75, 3.05) is 6.54 Å². The van der Waals surface area contributed by atoms with Crippen molar-refractivity contribution in [3.63, 3.8) is 0 Å². The molecule has 4 heterocycles. The molecule has 0 saturated carbocycles. The van der Waals surface area contributed by atoms with E-state index in [0.29, 0.717) is 22.9 Å². The molecule has 1 amide bonds. The van der Waals surface area contributed by atoms with Gasteiger partial charge in [0.2, 0.25) is 0 Å². The van der Waals surface area contributed by atoms with E-state index in [1.165, 1.54) is 10.4 Å². The number of halogens is 1. The smallest absolute Gasteiger partial charge is 0.275 e. The first kappa shape index (κ1) is 14.7. The number of thiophene rings is 1. The SMILES string of the molecule is CC1(C)c2ccsc2CCN1C(=O)c1cc2ncc(Cl)cn2n1. The molecule has 1 aliphatic rings. The normalized spacial score (nSPS) is 16.6. The molecule has 4 rings (SSSR count). The van der Waals surface area contributed by atoms with Crippen LogP contribution in [0.2, 0.25) is 5.02 Å². The Balaban J connectivity index is 1.73. The summed E-state index contributed by atoms with van der Waals surface area (Å²) in [6, 6.07) is 3.82. The summed E-state index contributed by atoms with van der Waals surface area (Å²) in [5, 5.41) is 6.92. The third-order valence-electron chi connectivity index (χ3n) is 4.39. The first-order valence-electron chi connectivity index (χ1n) is 7.36. The maximum atomic E-state index is 13.0. The summed E-state index contributed by atoms with van der Waals surface area (Å²) in [7, 11) is 0. The van der Waals surface area contributed by atoms with Gasteiger partial charge in [-0.25, -0.2) is 9.50 Å². The Bertz CT molecular complexity index is 914. The number of rotatable bonds is 1. The van der Waals surface area contributed by atoms with Gasteiger partial charge in [0.05, 0.1) is 16.8 Å². The predicted molar refractivity (Wildman–Crippen MR) is 90.1 cm³/mol. The highest BCUT2D eigenvalue weighted by atomic mass is 35.5. The molecule has 23 heavy (non-hydrogen) atoms. The van der Waals surface area contributed by atoms with E-state index in [2.05, 4.69) is 35.4 Å². The van der Waals surface area contributed by atoms with Gasteiger partial charge in [-0.1, -0.05) is 11.6 Å². The minimum absolute atomic E-state index is 0.0755. The zero-order valence-corrected chi connectivity index (χ0v) is 14.4. The molecule has 0 bridgehead atoms. The van der Waals surface area contributed by atoms with Crippen LogP contribution in [0.25, 0.3) is 5.65 Å². The summed E-state index contributed by atoms with van der Waals surface area (Å²) >= 11 is 7.69. The van der Waals surface area contributed by atoms with Gasteiger partial charge >= 0.3 is 0 Å². The molecule has 0 saturated heterocycles. The summed E-state index contributed by atoms with van der Waals surface area (Å²) in [6.07, 6.45) is 4.09. The van der Waals surface area contributed by atoms with Crippen LogP contribution in [0.4, 0.5) is 0 Å². The first-order valence-corrected chi connectivity index (χ1v) is 8.62. The Kier molecular flexibility index (Phi) is 3.21. The van der Waals surface area contributed by atoms with Crippen LogP contribution in [-0.2, 0) is 12.0 Å². The van der Waals surface area contributed by atoms with Crippen molar-refractivity contribution in [1.29, 1.82) is 0 Å². The second-order valence-electron chi connectivity index (χ2n) is 6.13. The molecule has 0 aromatic carbocycles. The van der Waals surface area contributed by atoms with Gasteiger partial charge in [0, 0.05) is 23.7 Å². The van der Waals surface area contributed by atoms with Crippen LogP contribution in [-0.4, -0.2) is 31.9 Å². The molecule has 3 aromatic heterocycles. The van der Waals surface area contributed by atoms with Gasteiger partial charge in [0.25, 0.3) is 5.91 Å². The van der Waals surface area contributed by atoms with E-state index in [0.717, 1.165) is 6.42 Å². The first-order chi connectivity index (χ1) is 11.0. The largest absolute Gasteiger partial charge is 0.328 e. The molecule has 0 N–H and O–H groups in total. The average Bonchev–Trinajstić information content (AvgIpc) is 3.12. The lowest BCUT2D eigenvalue weighted by Crippen LogP contribution is -2.49.